The number of rotatable bonds is 14. The van der Waals surface area contributed by atoms with Crippen LogP contribution in [0.15, 0.2) is 406 Å². The number of imidazole rings is 3. The molecule has 0 aliphatic heterocycles. The molecule has 24 aromatic rings. The van der Waals surface area contributed by atoms with Crippen molar-refractivity contribution in [2.45, 2.75) is 40.0 Å². The molecule has 12 nitrogen and oxygen atoms in total. The van der Waals surface area contributed by atoms with Gasteiger partial charge in [-0.05, 0) is 204 Å². The summed E-state index contributed by atoms with van der Waals surface area (Å²) in [5, 5.41) is 39.8. The van der Waals surface area contributed by atoms with Crippen molar-refractivity contribution < 1.29 is 0 Å². The van der Waals surface area contributed by atoms with Gasteiger partial charge in [0.2, 0.25) is 0 Å². The Balaban J connectivity index is 0.000000117. The Morgan fingerprint density at radius 2 is 0.436 bits per heavy atom. The van der Waals surface area contributed by atoms with Gasteiger partial charge in [0.25, 0.3) is 0 Å². The van der Waals surface area contributed by atoms with E-state index in [2.05, 4.69) is 362 Å². The lowest BCUT2D eigenvalue weighted by Gasteiger charge is -2.13. The lowest BCUT2D eigenvalue weighted by atomic mass is 9.95. The third-order valence-corrected chi connectivity index (χ3v) is 25.6. The zero-order valence-electron chi connectivity index (χ0n) is 73.2. The lowest BCUT2D eigenvalue weighted by Crippen LogP contribution is -1.99. The fourth-order valence-corrected chi connectivity index (χ4v) is 19.0. The van der Waals surface area contributed by atoms with Crippen molar-refractivity contribution in [3.8, 4) is 125 Å². The molecule has 0 aliphatic carbocycles. The number of nitrogens with zero attached hydrogens (tertiary/aromatic N) is 12. The van der Waals surface area contributed by atoms with Gasteiger partial charge in [-0.1, -0.05) is 306 Å². The second kappa shape index (κ2) is 34.7. The third kappa shape index (κ3) is 14.9. The van der Waals surface area contributed by atoms with E-state index in [1.165, 1.54) is 10.8 Å². The molecule has 12 heteroatoms. The molecule has 18 aromatic carbocycles. The van der Waals surface area contributed by atoms with Gasteiger partial charge < -0.3 is 0 Å². The zero-order chi connectivity index (χ0) is 89.6. The van der Waals surface area contributed by atoms with E-state index in [4.69, 9.17) is 45.7 Å². The average molecular weight is 1700 g/mol. The van der Waals surface area contributed by atoms with E-state index in [0.717, 1.165) is 241 Å². The van der Waals surface area contributed by atoms with Crippen molar-refractivity contribution >= 4 is 109 Å². The summed E-state index contributed by atoms with van der Waals surface area (Å²) in [6, 6.07) is 147. The van der Waals surface area contributed by atoms with Gasteiger partial charge in [-0.2, -0.15) is 15.8 Å². The van der Waals surface area contributed by atoms with Crippen molar-refractivity contribution in [1.29, 1.82) is 15.8 Å². The summed E-state index contributed by atoms with van der Waals surface area (Å²) >= 11 is 0. The van der Waals surface area contributed by atoms with E-state index in [1.54, 1.807) is 0 Å². The summed E-state index contributed by atoms with van der Waals surface area (Å²) in [4.78, 5) is 31.5. The molecule has 0 atom stereocenters. The molecular weight excluding hydrogens is 1620 g/mol. The number of aromatic nitrogens is 9. The standard InChI is InChI=1S/C45H30N4.C41H28N4.C35H24N4/c1-2-42-48-45-41(49(42)37-8-4-3-5-9-37)25-24-39-38-10-6-7-11-40(38)47-44(43(39)45)32-18-16-31(17-19-32)34-21-23-35-26-33(20-22-36(35)27-34)30-14-12-29(28-46)13-15-30;1-2-38-44-41-37(45(38)33-8-4-3-5-9-33)25-24-35-34-10-6-7-11-36(34)43-40(39(35)41)32-22-20-31(21-23-32)30-18-16-29(17-19-30)28-14-12-27(26-42)13-15-28;1-2-32-38-35-31(39(32)27-8-4-3-5-9-27)21-20-29-28-10-6-7-11-30(28)37-34(33(29)35)26-18-16-25(17-19-26)24-14-12-23(22-36)13-15-24/h3-27H,2H2,1H3;3-25H,2H2,1H3;3-21H,2H2,1H3. The maximum Gasteiger partial charge on any atom is 0.114 e. The van der Waals surface area contributed by atoms with Gasteiger partial charge in [0.1, 0.15) is 17.5 Å². The van der Waals surface area contributed by atoms with E-state index in [1.807, 2.05) is 97.1 Å². The van der Waals surface area contributed by atoms with Crippen LogP contribution in [0.1, 0.15) is 54.9 Å². The van der Waals surface area contributed by atoms with E-state index in [-0.39, 0.29) is 0 Å². The van der Waals surface area contributed by atoms with Gasteiger partial charge >= 0.3 is 0 Å². The number of pyridine rings is 3. The molecule has 0 bridgehead atoms. The monoisotopic (exact) mass is 1700 g/mol. The van der Waals surface area contributed by atoms with Crippen molar-refractivity contribution in [1.82, 2.24) is 43.6 Å². The van der Waals surface area contributed by atoms with Crippen LogP contribution in [0.4, 0.5) is 0 Å². The summed E-state index contributed by atoms with van der Waals surface area (Å²) in [7, 11) is 0. The average Bonchev–Trinajstić information content (AvgIpc) is 1.62. The molecule has 0 N–H and O–H groups in total. The van der Waals surface area contributed by atoms with E-state index < -0.39 is 0 Å². The molecule has 0 aliphatic rings. The molecule has 0 saturated heterocycles. The molecule has 0 radical (unpaired) electrons. The van der Waals surface area contributed by atoms with Gasteiger partial charge in [0.15, 0.2) is 0 Å². The number of hydrogen-bond donors (Lipinski definition) is 0. The van der Waals surface area contributed by atoms with Crippen LogP contribution in [0.2, 0.25) is 0 Å². The highest BCUT2D eigenvalue weighted by molar-refractivity contribution is 6.23. The molecule has 0 amide bonds. The van der Waals surface area contributed by atoms with Crippen LogP contribution < -0.4 is 0 Å². The maximum absolute atomic E-state index is 9.15. The fourth-order valence-electron chi connectivity index (χ4n) is 19.0. The Morgan fingerprint density at radius 3 is 0.692 bits per heavy atom. The number of benzene rings is 18. The molecule has 0 fully saturated rings. The van der Waals surface area contributed by atoms with Gasteiger partial charge in [0.05, 0.1) is 102 Å². The SMILES string of the molecule is CCc1nc2c3c(-c4ccc(-c5ccc(-c6ccc(C#N)cc6)cc5)cc4)nc4ccccc4c3ccc2n1-c1ccccc1.CCc1nc2c3c(-c4ccc(-c5ccc(C#N)cc5)cc4)nc4ccccc4c3ccc2n1-c1ccccc1.CCc1nc2c3c(-c4ccc(-c5ccc6cc(-c7ccc(C#N)cc7)ccc6c5)cc4)nc4ccccc4c3ccc2n1-c1ccccc1. The minimum absolute atomic E-state index is 0.660. The minimum Gasteiger partial charge on any atom is -0.296 e. The van der Waals surface area contributed by atoms with Crippen molar-refractivity contribution in [2.24, 2.45) is 0 Å². The third-order valence-electron chi connectivity index (χ3n) is 25.6. The first kappa shape index (κ1) is 80.9. The second-order valence-electron chi connectivity index (χ2n) is 33.3. The summed E-state index contributed by atoms with van der Waals surface area (Å²) in [6.07, 6.45) is 2.46. The number of aryl methyl sites for hydroxylation is 3. The van der Waals surface area contributed by atoms with Crippen LogP contribution in [-0.2, 0) is 19.3 Å². The highest BCUT2D eigenvalue weighted by Crippen LogP contribution is 2.45. The van der Waals surface area contributed by atoms with E-state index in [0.29, 0.717) is 16.7 Å². The van der Waals surface area contributed by atoms with Crippen LogP contribution >= 0.6 is 0 Å². The molecule has 0 saturated carbocycles. The van der Waals surface area contributed by atoms with E-state index in [9.17, 15) is 0 Å². The first-order valence-corrected chi connectivity index (χ1v) is 45.0. The highest BCUT2D eigenvalue weighted by atomic mass is 15.1. The number of hydrogen-bond acceptors (Lipinski definition) is 9. The summed E-state index contributed by atoms with van der Waals surface area (Å²) in [5.74, 6) is 3.09. The Labute approximate surface area is 768 Å². The first-order valence-electron chi connectivity index (χ1n) is 45.0. The Kier molecular flexibility index (Phi) is 21.1. The van der Waals surface area contributed by atoms with E-state index >= 15 is 0 Å². The Hall–Kier alpha value is -17.9. The normalized spacial score (nSPS) is 11.3. The quantitative estimate of drug-likeness (QED) is 0.0964. The first-order chi connectivity index (χ1) is 65.6. The Bertz CT molecular complexity index is 8770. The zero-order valence-corrected chi connectivity index (χ0v) is 73.2. The summed E-state index contributed by atoms with van der Waals surface area (Å²) < 4.78 is 6.82. The van der Waals surface area contributed by atoms with Gasteiger partial charge in [-0.15, -0.1) is 0 Å². The Morgan fingerprint density at radius 1 is 0.211 bits per heavy atom. The second-order valence-corrected chi connectivity index (χ2v) is 33.3. The number of fused-ring (bicyclic) bond motifs is 16. The van der Waals surface area contributed by atoms with Gasteiger partial charge in [-0.25, -0.2) is 29.9 Å². The largest absolute Gasteiger partial charge is 0.296 e. The minimum atomic E-state index is 0.660. The highest BCUT2D eigenvalue weighted by Gasteiger charge is 2.25. The smallest absolute Gasteiger partial charge is 0.114 e. The van der Waals surface area contributed by atoms with Gasteiger partial charge in [0, 0.05) is 85.3 Å². The molecule has 6 aromatic heterocycles. The molecule has 626 valence electrons. The fraction of sp³-hybridized carbons (Fsp3) is 0.0496. The summed E-state index contributed by atoms with van der Waals surface area (Å²) in [6.45, 7) is 6.48. The number of para-hydroxylation sites is 6. The molecule has 133 heavy (non-hydrogen) atoms. The van der Waals surface area contributed by atoms with Crippen LogP contribution in [0.25, 0.3) is 215 Å². The van der Waals surface area contributed by atoms with Crippen molar-refractivity contribution in [3.63, 3.8) is 0 Å². The summed E-state index contributed by atoms with van der Waals surface area (Å²) in [5.41, 5.74) is 31.6. The van der Waals surface area contributed by atoms with Crippen LogP contribution in [0.5, 0.6) is 0 Å². The topological polar surface area (TPSA) is 164 Å². The van der Waals surface area contributed by atoms with Crippen molar-refractivity contribution in [3.05, 3.63) is 441 Å². The van der Waals surface area contributed by atoms with Gasteiger partial charge in [-0.3, -0.25) is 13.7 Å². The lowest BCUT2D eigenvalue weighted by molar-refractivity contribution is 0.908. The molecule has 24 rings (SSSR count). The molecule has 6 heterocycles. The molecule has 0 unspecified atom stereocenters. The van der Waals surface area contributed by atoms with Crippen LogP contribution in [0, 0.1) is 34.0 Å². The molecular formula is C121H82N12. The van der Waals surface area contributed by atoms with Crippen LogP contribution in [0.3, 0.4) is 0 Å². The number of nitriles is 3. The van der Waals surface area contributed by atoms with Crippen molar-refractivity contribution in [2.75, 3.05) is 0 Å². The predicted octanol–water partition coefficient (Wildman–Crippen LogP) is 30.0. The van der Waals surface area contributed by atoms with Crippen LogP contribution in [-0.4, -0.2) is 43.6 Å². The maximum atomic E-state index is 9.15. The predicted molar refractivity (Wildman–Crippen MR) is 545 cm³/mol. The molecule has 0 spiro atoms.